The third kappa shape index (κ3) is 4.19. The number of ether oxygens (including phenoxy) is 1. The minimum Gasteiger partial charge on any atom is -0.383 e. The minimum absolute atomic E-state index is 0.0129. The fourth-order valence-corrected chi connectivity index (χ4v) is 4.29. The molecule has 0 radical (unpaired) electrons. The highest BCUT2D eigenvalue weighted by Crippen LogP contribution is 2.21. The van der Waals surface area contributed by atoms with Gasteiger partial charge in [-0.1, -0.05) is 30.0 Å². The number of carbonyl (C=O) groups is 1. The number of carbonyl (C=O) groups excluding carboxylic acids is 1. The van der Waals surface area contributed by atoms with E-state index in [1.165, 1.54) is 18.0 Å². The number of aryl methyl sites for hydroxylation is 1. The number of hydrogen-bond acceptors (Lipinski definition) is 6. The van der Waals surface area contributed by atoms with Crippen molar-refractivity contribution >= 4 is 28.6 Å². The van der Waals surface area contributed by atoms with Crippen LogP contribution in [0.4, 0.5) is 0 Å². The Balaban J connectivity index is 1.57. The fourth-order valence-electron chi connectivity index (χ4n) is 3.55. The lowest BCUT2D eigenvalue weighted by Gasteiger charge is -2.08. The molecule has 31 heavy (non-hydrogen) atoms. The average Bonchev–Trinajstić information content (AvgIpc) is 3.32. The van der Waals surface area contributed by atoms with Gasteiger partial charge in [0.05, 0.1) is 24.2 Å². The summed E-state index contributed by atoms with van der Waals surface area (Å²) in [5.74, 6) is 0.156. The van der Waals surface area contributed by atoms with Gasteiger partial charge >= 0.3 is 0 Å². The summed E-state index contributed by atoms with van der Waals surface area (Å²) in [6.07, 6.45) is 1.50. The first-order valence-corrected chi connectivity index (χ1v) is 10.8. The maximum absolute atomic E-state index is 12.9. The van der Waals surface area contributed by atoms with E-state index in [2.05, 4.69) is 19.6 Å². The zero-order valence-electron chi connectivity index (χ0n) is 17.6. The summed E-state index contributed by atoms with van der Waals surface area (Å²) in [5, 5.41) is 5.09. The van der Waals surface area contributed by atoms with Gasteiger partial charge in [-0.3, -0.25) is 9.59 Å². The molecular weight excluding hydrogens is 414 g/mol. The summed E-state index contributed by atoms with van der Waals surface area (Å²) in [6, 6.07) is 11.4. The molecule has 1 aromatic carbocycles. The van der Waals surface area contributed by atoms with Crippen LogP contribution in [0.1, 0.15) is 21.7 Å². The summed E-state index contributed by atoms with van der Waals surface area (Å²) < 4.78 is 8.85. The first-order chi connectivity index (χ1) is 15.0. The standard InChI is InChI=1S/C22H23N5O3S/c1-14-11-17(15(2)26(14)9-10-30-3)19(28)13-31-22-24-20-18(21(29)25-22)12-23-27(20)16-7-5-4-6-8-16/h4-8,11-12H,9-10,13H2,1-3H3,(H,24,25,29). The minimum atomic E-state index is -0.278. The van der Waals surface area contributed by atoms with Crippen LogP contribution in [0.2, 0.25) is 0 Å². The molecule has 9 heteroatoms. The van der Waals surface area contributed by atoms with Crippen LogP contribution in [-0.4, -0.2) is 49.6 Å². The van der Waals surface area contributed by atoms with Crippen LogP contribution < -0.4 is 5.56 Å². The quantitative estimate of drug-likeness (QED) is 0.259. The van der Waals surface area contributed by atoms with Gasteiger partial charge in [-0.25, -0.2) is 9.67 Å². The molecule has 0 atom stereocenters. The number of hydrogen-bond donors (Lipinski definition) is 1. The van der Waals surface area contributed by atoms with Crippen LogP contribution in [0.25, 0.3) is 16.7 Å². The highest BCUT2D eigenvalue weighted by Gasteiger charge is 2.17. The molecule has 0 fully saturated rings. The molecule has 0 aliphatic rings. The van der Waals surface area contributed by atoms with Crippen LogP contribution in [-0.2, 0) is 11.3 Å². The van der Waals surface area contributed by atoms with E-state index in [4.69, 9.17) is 4.74 Å². The van der Waals surface area contributed by atoms with Crippen molar-refractivity contribution in [2.45, 2.75) is 25.5 Å². The number of benzene rings is 1. The summed E-state index contributed by atoms with van der Waals surface area (Å²) in [4.78, 5) is 32.7. The number of para-hydroxylation sites is 1. The van der Waals surface area contributed by atoms with Gasteiger partial charge in [-0.15, -0.1) is 0 Å². The maximum atomic E-state index is 12.9. The zero-order valence-corrected chi connectivity index (χ0v) is 18.4. The number of fused-ring (bicyclic) bond motifs is 1. The molecule has 8 nitrogen and oxygen atoms in total. The van der Waals surface area contributed by atoms with E-state index >= 15 is 0 Å². The highest BCUT2D eigenvalue weighted by molar-refractivity contribution is 7.99. The summed E-state index contributed by atoms with van der Waals surface area (Å²) in [7, 11) is 1.66. The predicted molar refractivity (Wildman–Crippen MR) is 120 cm³/mol. The van der Waals surface area contributed by atoms with Crippen molar-refractivity contribution in [3.05, 3.63) is 69.9 Å². The first-order valence-electron chi connectivity index (χ1n) is 9.84. The molecule has 3 aromatic heterocycles. The topological polar surface area (TPSA) is 94.8 Å². The first kappa shape index (κ1) is 21.1. The number of Topliss-reactive ketones (excluding diaryl/α,β-unsaturated/α-hetero) is 1. The lowest BCUT2D eigenvalue weighted by molar-refractivity contribution is 0.102. The second-order valence-electron chi connectivity index (χ2n) is 7.14. The molecule has 0 aliphatic carbocycles. The molecule has 1 N–H and O–H groups in total. The molecular formula is C22H23N5O3S. The molecule has 160 valence electrons. The van der Waals surface area contributed by atoms with Crippen molar-refractivity contribution in [1.82, 2.24) is 24.3 Å². The number of ketones is 1. The van der Waals surface area contributed by atoms with Gasteiger partial charge in [0, 0.05) is 30.6 Å². The Kier molecular flexibility index (Phi) is 6.06. The number of aromatic nitrogens is 5. The number of nitrogens with one attached hydrogen (secondary N) is 1. The number of rotatable bonds is 8. The van der Waals surface area contributed by atoms with Gasteiger partial charge < -0.3 is 14.3 Å². The largest absolute Gasteiger partial charge is 0.383 e. The molecule has 0 saturated heterocycles. The summed E-state index contributed by atoms with van der Waals surface area (Å²) >= 11 is 1.21. The SMILES string of the molecule is COCCn1c(C)cc(C(=O)CSc2nc3c(cnn3-c3ccccc3)c(=O)[nH]2)c1C. The van der Waals surface area contributed by atoms with E-state index in [9.17, 15) is 9.59 Å². The molecule has 0 amide bonds. The lowest BCUT2D eigenvalue weighted by atomic mass is 10.2. The molecule has 4 aromatic rings. The van der Waals surface area contributed by atoms with E-state index in [1.54, 1.807) is 11.8 Å². The van der Waals surface area contributed by atoms with Crippen LogP contribution in [0.5, 0.6) is 0 Å². The smallest absolute Gasteiger partial charge is 0.262 e. The number of nitrogens with zero attached hydrogens (tertiary/aromatic N) is 4. The van der Waals surface area contributed by atoms with Crippen LogP contribution in [0, 0.1) is 13.8 Å². The average molecular weight is 438 g/mol. The van der Waals surface area contributed by atoms with Gasteiger partial charge in [0.2, 0.25) is 0 Å². The van der Waals surface area contributed by atoms with Gasteiger partial charge in [-0.2, -0.15) is 5.10 Å². The molecule has 0 saturated carbocycles. The third-order valence-electron chi connectivity index (χ3n) is 5.15. The highest BCUT2D eigenvalue weighted by atomic mass is 32.2. The normalized spacial score (nSPS) is 11.3. The molecule has 0 aliphatic heterocycles. The Morgan fingerprint density at radius 3 is 2.74 bits per heavy atom. The molecule has 3 heterocycles. The van der Waals surface area contributed by atoms with Crippen molar-refractivity contribution in [3.8, 4) is 5.69 Å². The zero-order chi connectivity index (χ0) is 22.0. The van der Waals surface area contributed by atoms with E-state index in [0.717, 1.165) is 17.1 Å². The monoisotopic (exact) mass is 437 g/mol. The van der Waals surface area contributed by atoms with Gasteiger partial charge in [-0.05, 0) is 32.0 Å². The van der Waals surface area contributed by atoms with E-state index in [1.807, 2.05) is 50.2 Å². The number of thioether (sulfide) groups is 1. The van der Waals surface area contributed by atoms with E-state index in [0.29, 0.717) is 34.9 Å². The summed E-state index contributed by atoms with van der Waals surface area (Å²) in [5.41, 5.74) is 3.61. The van der Waals surface area contributed by atoms with Crippen molar-refractivity contribution < 1.29 is 9.53 Å². The number of methoxy groups -OCH3 is 1. The van der Waals surface area contributed by atoms with Crippen molar-refractivity contribution in [1.29, 1.82) is 0 Å². The predicted octanol–water partition coefficient (Wildman–Crippen LogP) is 3.15. The number of aromatic amines is 1. The third-order valence-corrected chi connectivity index (χ3v) is 6.02. The lowest BCUT2D eigenvalue weighted by Crippen LogP contribution is -2.12. The molecule has 0 bridgehead atoms. The Morgan fingerprint density at radius 2 is 2.00 bits per heavy atom. The van der Waals surface area contributed by atoms with Crippen LogP contribution in [0.3, 0.4) is 0 Å². The Hall–Kier alpha value is -3.17. The maximum Gasteiger partial charge on any atom is 0.262 e. The van der Waals surface area contributed by atoms with Gasteiger partial charge in [0.1, 0.15) is 5.39 Å². The summed E-state index contributed by atoms with van der Waals surface area (Å²) in [6.45, 7) is 5.19. The van der Waals surface area contributed by atoms with Crippen molar-refractivity contribution in [3.63, 3.8) is 0 Å². The molecule has 0 unspecified atom stereocenters. The van der Waals surface area contributed by atoms with Crippen LogP contribution >= 0.6 is 11.8 Å². The van der Waals surface area contributed by atoms with E-state index in [-0.39, 0.29) is 17.1 Å². The van der Waals surface area contributed by atoms with Gasteiger partial charge in [0.15, 0.2) is 16.6 Å². The molecule has 0 spiro atoms. The van der Waals surface area contributed by atoms with E-state index < -0.39 is 0 Å². The van der Waals surface area contributed by atoms with Crippen molar-refractivity contribution in [2.75, 3.05) is 19.5 Å². The Bertz CT molecular complexity index is 1290. The van der Waals surface area contributed by atoms with Crippen molar-refractivity contribution in [2.24, 2.45) is 0 Å². The molecule has 4 rings (SSSR count). The second kappa shape index (κ2) is 8.91. The number of H-pyrrole nitrogens is 1. The Labute approximate surface area is 183 Å². The fraction of sp³-hybridized carbons (Fsp3) is 0.273. The van der Waals surface area contributed by atoms with Crippen LogP contribution in [0.15, 0.2) is 52.5 Å². The second-order valence-corrected chi connectivity index (χ2v) is 8.11. The van der Waals surface area contributed by atoms with Gasteiger partial charge in [0.25, 0.3) is 5.56 Å². The Morgan fingerprint density at radius 1 is 1.23 bits per heavy atom.